The molecule has 0 N–H and O–H groups in total. The van der Waals surface area contributed by atoms with Crippen LogP contribution < -0.4 is 0 Å². The number of ether oxygens (including phenoxy) is 1. The molecule has 1 rings (SSSR count). The number of esters is 1. The molecule has 0 aromatic carbocycles. The molecule has 1 heterocycles. The first kappa shape index (κ1) is 16.1. The highest BCUT2D eigenvalue weighted by Gasteiger charge is 2.15. The van der Waals surface area contributed by atoms with E-state index in [1.807, 2.05) is 20.8 Å². The van der Waals surface area contributed by atoms with E-state index in [0.717, 1.165) is 17.4 Å². The van der Waals surface area contributed by atoms with E-state index in [1.54, 1.807) is 0 Å². The summed E-state index contributed by atoms with van der Waals surface area (Å²) in [5, 5.41) is 0.907. The standard InChI is InChI=1S/C14H24N2O2S/c1-9(2)7-16-12(6)11(5)15-14(16)19-8-13(17)18-10(3)4/h9-10H,7-8H2,1-6H3. The highest BCUT2D eigenvalue weighted by molar-refractivity contribution is 7.99. The molecule has 4 nitrogen and oxygen atoms in total. The normalized spacial score (nSPS) is 11.4. The van der Waals surface area contributed by atoms with Crippen molar-refractivity contribution in [3.63, 3.8) is 0 Å². The number of nitrogens with zero attached hydrogens (tertiary/aromatic N) is 2. The van der Waals surface area contributed by atoms with Crippen molar-refractivity contribution in [3.8, 4) is 0 Å². The van der Waals surface area contributed by atoms with Gasteiger partial charge in [0.2, 0.25) is 0 Å². The molecule has 0 atom stereocenters. The Balaban J connectivity index is 2.72. The van der Waals surface area contributed by atoms with Gasteiger partial charge in [0.15, 0.2) is 5.16 Å². The van der Waals surface area contributed by atoms with Crippen molar-refractivity contribution in [1.82, 2.24) is 9.55 Å². The van der Waals surface area contributed by atoms with Gasteiger partial charge in [0.25, 0.3) is 0 Å². The number of carbonyl (C=O) groups excluding carboxylic acids is 1. The third-order valence-corrected chi connectivity index (χ3v) is 3.61. The molecule has 1 aromatic heterocycles. The zero-order valence-electron chi connectivity index (χ0n) is 12.7. The molecule has 0 saturated heterocycles. The van der Waals surface area contributed by atoms with Crippen molar-refractivity contribution in [1.29, 1.82) is 0 Å². The van der Waals surface area contributed by atoms with Crippen LogP contribution in [0.5, 0.6) is 0 Å². The van der Waals surface area contributed by atoms with Gasteiger partial charge in [-0.2, -0.15) is 0 Å². The van der Waals surface area contributed by atoms with Crippen molar-refractivity contribution in [3.05, 3.63) is 11.4 Å². The van der Waals surface area contributed by atoms with Crippen molar-refractivity contribution in [2.75, 3.05) is 5.75 Å². The minimum atomic E-state index is -0.186. The maximum absolute atomic E-state index is 11.6. The molecule has 0 radical (unpaired) electrons. The van der Waals surface area contributed by atoms with Gasteiger partial charge in [0, 0.05) is 12.2 Å². The highest BCUT2D eigenvalue weighted by Crippen LogP contribution is 2.22. The largest absolute Gasteiger partial charge is 0.462 e. The predicted octanol–water partition coefficient (Wildman–Crippen LogP) is 3.20. The lowest BCUT2D eigenvalue weighted by atomic mass is 10.2. The molecule has 0 amide bonds. The zero-order chi connectivity index (χ0) is 14.6. The fourth-order valence-corrected chi connectivity index (χ4v) is 2.62. The van der Waals surface area contributed by atoms with E-state index in [2.05, 4.69) is 30.3 Å². The molecule has 1 aromatic rings. The van der Waals surface area contributed by atoms with Crippen LogP contribution in [0.25, 0.3) is 0 Å². The first-order valence-corrected chi connectivity index (χ1v) is 7.65. The molecule has 0 bridgehead atoms. The molecule has 0 unspecified atom stereocenters. The van der Waals surface area contributed by atoms with Gasteiger partial charge in [0.05, 0.1) is 17.6 Å². The molecule has 0 fully saturated rings. The lowest BCUT2D eigenvalue weighted by Gasteiger charge is -2.12. The first-order valence-electron chi connectivity index (χ1n) is 6.67. The molecule has 19 heavy (non-hydrogen) atoms. The third-order valence-electron chi connectivity index (χ3n) is 2.66. The summed E-state index contributed by atoms with van der Waals surface area (Å²) < 4.78 is 7.32. The summed E-state index contributed by atoms with van der Waals surface area (Å²) >= 11 is 1.45. The molecule has 108 valence electrons. The monoisotopic (exact) mass is 284 g/mol. The Morgan fingerprint density at radius 1 is 1.32 bits per heavy atom. The lowest BCUT2D eigenvalue weighted by Crippen LogP contribution is -2.14. The van der Waals surface area contributed by atoms with Gasteiger partial charge in [-0.25, -0.2) is 4.98 Å². The summed E-state index contributed by atoms with van der Waals surface area (Å²) in [4.78, 5) is 16.1. The second kappa shape index (κ2) is 6.98. The Labute approximate surface area is 119 Å². The number of aryl methyl sites for hydroxylation is 1. The lowest BCUT2D eigenvalue weighted by molar-refractivity contribution is -0.144. The van der Waals surface area contributed by atoms with Gasteiger partial charge in [-0.15, -0.1) is 0 Å². The van der Waals surface area contributed by atoms with Crippen LogP contribution in [0.3, 0.4) is 0 Å². The number of thioether (sulfide) groups is 1. The summed E-state index contributed by atoms with van der Waals surface area (Å²) in [6.45, 7) is 13.1. The zero-order valence-corrected chi connectivity index (χ0v) is 13.5. The van der Waals surface area contributed by atoms with E-state index < -0.39 is 0 Å². The first-order chi connectivity index (χ1) is 8.81. The highest BCUT2D eigenvalue weighted by atomic mass is 32.2. The van der Waals surface area contributed by atoms with Crippen LogP contribution in [0.2, 0.25) is 0 Å². The maximum atomic E-state index is 11.6. The minimum Gasteiger partial charge on any atom is -0.462 e. The van der Waals surface area contributed by atoms with E-state index in [0.29, 0.717) is 11.7 Å². The van der Waals surface area contributed by atoms with Gasteiger partial charge < -0.3 is 9.30 Å². The molecule has 0 aliphatic heterocycles. The van der Waals surface area contributed by atoms with Crippen molar-refractivity contribution < 1.29 is 9.53 Å². The summed E-state index contributed by atoms with van der Waals surface area (Å²) in [7, 11) is 0. The van der Waals surface area contributed by atoms with Crippen LogP contribution in [-0.2, 0) is 16.1 Å². The van der Waals surface area contributed by atoms with E-state index >= 15 is 0 Å². The van der Waals surface area contributed by atoms with Crippen molar-refractivity contribution in [2.24, 2.45) is 5.92 Å². The Morgan fingerprint density at radius 3 is 2.47 bits per heavy atom. The Kier molecular flexibility index (Phi) is 5.91. The van der Waals surface area contributed by atoms with Crippen LogP contribution >= 0.6 is 11.8 Å². The average molecular weight is 284 g/mol. The van der Waals surface area contributed by atoms with E-state index in [1.165, 1.54) is 17.5 Å². The summed E-state index contributed by atoms with van der Waals surface area (Å²) in [6, 6.07) is 0. The van der Waals surface area contributed by atoms with Gasteiger partial charge in [-0.1, -0.05) is 25.6 Å². The molecule has 5 heteroatoms. The SMILES string of the molecule is Cc1nc(SCC(=O)OC(C)C)n(CC(C)C)c1C. The van der Waals surface area contributed by atoms with Crippen LogP contribution in [0.4, 0.5) is 0 Å². The number of imidazole rings is 1. The van der Waals surface area contributed by atoms with Crippen molar-refractivity contribution >= 4 is 17.7 Å². The smallest absolute Gasteiger partial charge is 0.316 e. The average Bonchev–Trinajstić information content (AvgIpc) is 2.53. The fraction of sp³-hybridized carbons (Fsp3) is 0.714. The summed E-state index contributed by atoms with van der Waals surface area (Å²) in [6.07, 6.45) is -0.0630. The summed E-state index contributed by atoms with van der Waals surface area (Å²) in [5.41, 5.74) is 2.20. The van der Waals surface area contributed by atoms with E-state index in [-0.39, 0.29) is 12.1 Å². The quantitative estimate of drug-likeness (QED) is 0.594. The fourth-order valence-electron chi connectivity index (χ4n) is 1.73. The number of hydrogen-bond donors (Lipinski definition) is 0. The molecule has 0 saturated carbocycles. The minimum absolute atomic E-state index is 0.0630. The van der Waals surface area contributed by atoms with E-state index in [9.17, 15) is 4.79 Å². The van der Waals surface area contributed by atoms with E-state index in [4.69, 9.17) is 4.74 Å². The molecular weight excluding hydrogens is 260 g/mol. The van der Waals surface area contributed by atoms with Crippen molar-refractivity contribution in [2.45, 2.75) is 59.3 Å². The molecular formula is C14H24N2O2S. The Hall–Kier alpha value is -0.970. The third kappa shape index (κ3) is 4.90. The van der Waals surface area contributed by atoms with Gasteiger partial charge in [-0.3, -0.25) is 4.79 Å². The second-order valence-electron chi connectivity index (χ2n) is 5.40. The maximum Gasteiger partial charge on any atom is 0.316 e. The van der Waals surface area contributed by atoms with Crippen LogP contribution in [0.1, 0.15) is 39.1 Å². The number of carbonyl (C=O) groups is 1. The topological polar surface area (TPSA) is 44.1 Å². The second-order valence-corrected chi connectivity index (χ2v) is 6.34. The summed E-state index contributed by atoms with van der Waals surface area (Å²) in [5.74, 6) is 0.676. The number of aromatic nitrogens is 2. The molecule has 0 spiro atoms. The van der Waals surface area contributed by atoms with Crippen LogP contribution in [0, 0.1) is 19.8 Å². The van der Waals surface area contributed by atoms with Crippen LogP contribution in [0.15, 0.2) is 5.16 Å². The van der Waals surface area contributed by atoms with Gasteiger partial charge in [-0.05, 0) is 33.6 Å². The number of hydrogen-bond acceptors (Lipinski definition) is 4. The molecule has 0 aliphatic carbocycles. The van der Waals surface area contributed by atoms with Gasteiger partial charge in [0.1, 0.15) is 0 Å². The molecule has 0 aliphatic rings. The van der Waals surface area contributed by atoms with Crippen LogP contribution in [-0.4, -0.2) is 27.4 Å². The Morgan fingerprint density at radius 2 is 1.95 bits per heavy atom. The van der Waals surface area contributed by atoms with Gasteiger partial charge >= 0.3 is 5.97 Å². The predicted molar refractivity (Wildman–Crippen MR) is 78.5 cm³/mol. The number of rotatable bonds is 6. The Bertz CT molecular complexity index is 439.